The lowest BCUT2D eigenvalue weighted by atomic mass is 9.98. The summed E-state index contributed by atoms with van der Waals surface area (Å²) >= 11 is 0. The highest BCUT2D eigenvalue weighted by Crippen LogP contribution is 2.37. The maximum absolute atomic E-state index is 15.3. The summed E-state index contributed by atoms with van der Waals surface area (Å²) in [6, 6.07) is 0.817. The molecule has 1 aromatic heterocycles. The number of fused-ring (bicyclic) bond motifs is 5. The fourth-order valence-corrected chi connectivity index (χ4v) is 4.65. The number of alkyl halides is 2. The van der Waals surface area contributed by atoms with Gasteiger partial charge in [0.05, 0.1) is 24.5 Å². The molecule has 3 heterocycles. The highest BCUT2D eigenvalue weighted by atomic mass is 32.2. The predicted octanol–water partition coefficient (Wildman–Crippen LogP) is 1.81. The van der Waals surface area contributed by atoms with Crippen LogP contribution in [-0.2, 0) is 21.2 Å². The van der Waals surface area contributed by atoms with Crippen molar-refractivity contribution in [3.63, 3.8) is 0 Å². The molecule has 2 atom stereocenters. The lowest BCUT2D eigenvalue weighted by Gasteiger charge is -2.28. The fraction of sp³-hybridized carbons (Fsp3) is 0.450. The number of nitrogens with zero attached hydrogens (tertiary/aromatic N) is 3. The van der Waals surface area contributed by atoms with E-state index in [0.29, 0.717) is 5.69 Å². The maximum atomic E-state index is 15.3. The summed E-state index contributed by atoms with van der Waals surface area (Å²) in [5, 5.41) is 0. The first-order valence-corrected chi connectivity index (χ1v) is 11.7. The van der Waals surface area contributed by atoms with Gasteiger partial charge < -0.3 is 14.4 Å². The topological polar surface area (TPSA) is 111 Å². The second-order valence-electron chi connectivity index (χ2n) is 7.77. The van der Waals surface area contributed by atoms with Crippen LogP contribution in [0.15, 0.2) is 24.4 Å². The van der Waals surface area contributed by atoms with Crippen LogP contribution in [-0.4, -0.2) is 66.1 Å². The molecule has 0 saturated carbocycles. The molecule has 2 aliphatic heterocycles. The molecule has 13 heteroatoms. The second kappa shape index (κ2) is 8.45. The van der Waals surface area contributed by atoms with Gasteiger partial charge >= 0.3 is 0 Å². The summed E-state index contributed by atoms with van der Waals surface area (Å²) in [5.74, 6) is -6.10. The van der Waals surface area contributed by atoms with Crippen molar-refractivity contribution in [2.75, 3.05) is 18.9 Å². The van der Waals surface area contributed by atoms with Gasteiger partial charge in [0.25, 0.3) is 11.8 Å². The average molecular weight is 486 g/mol. The van der Waals surface area contributed by atoms with Crippen LogP contribution in [0.3, 0.4) is 0 Å². The van der Waals surface area contributed by atoms with Crippen LogP contribution in [0, 0.1) is 12.7 Å². The minimum Gasteiger partial charge on any atom is -0.466 e. The van der Waals surface area contributed by atoms with Gasteiger partial charge in [-0.3, -0.25) is 9.78 Å². The molecule has 4 rings (SSSR count). The summed E-state index contributed by atoms with van der Waals surface area (Å²) in [6.07, 6.45) is 0.833. The average Bonchev–Trinajstić information content (AvgIpc) is 3.00. The Kier molecular flexibility index (Phi) is 5.95. The van der Waals surface area contributed by atoms with E-state index in [4.69, 9.17) is 9.47 Å². The van der Waals surface area contributed by atoms with Crippen LogP contribution >= 0.6 is 0 Å². The normalized spacial score (nSPS) is 22.3. The molecule has 2 aliphatic rings. The number of hydrogen-bond acceptors (Lipinski definition) is 7. The van der Waals surface area contributed by atoms with Gasteiger partial charge in [-0.05, 0) is 31.9 Å². The van der Waals surface area contributed by atoms with E-state index < -0.39 is 58.7 Å². The van der Waals surface area contributed by atoms with Gasteiger partial charge in [-0.25, -0.2) is 26.3 Å². The number of sulfonamides is 1. The molecule has 9 nitrogen and oxygen atoms in total. The summed E-state index contributed by atoms with van der Waals surface area (Å²) in [7, 11) is -4.06. The number of amides is 1. The smallest absolute Gasteiger partial charge is 0.283 e. The molecule has 1 aromatic carbocycles. The number of ether oxygens (including phenoxy) is 2. The number of carbonyl (C=O) groups excluding carboxylic acids is 1. The molecule has 33 heavy (non-hydrogen) atoms. The quantitative estimate of drug-likeness (QED) is 0.705. The largest absolute Gasteiger partial charge is 0.466 e. The molecule has 0 unspecified atom stereocenters. The van der Waals surface area contributed by atoms with Crippen LogP contribution < -0.4 is 14.2 Å². The van der Waals surface area contributed by atoms with Crippen molar-refractivity contribution in [2.45, 2.75) is 38.3 Å². The Bertz CT molecular complexity index is 1190. The van der Waals surface area contributed by atoms with Crippen LogP contribution in [0.25, 0.3) is 0 Å². The Labute approximate surface area is 188 Å². The third kappa shape index (κ3) is 4.60. The Morgan fingerprint density at radius 2 is 2.09 bits per heavy atom. The molecule has 1 N–H and O–H groups in total. The number of hydrogen-bond donors (Lipinski definition) is 1. The van der Waals surface area contributed by atoms with Gasteiger partial charge in [-0.1, -0.05) is 12.1 Å². The number of nitrogens with one attached hydrogen (secondary N) is 1. The highest BCUT2D eigenvalue weighted by molar-refractivity contribution is 7.89. The van der Waals surface area contributed by atoms with E-state index in [0.717, 1.165) is 4.90 Å². The standard InChI is InChI=1S/C20H21F3N4O5S/c1-3-33(29,30)26-18-13-7-12-5-4-6-14(17(12)21)32-19-11(2)24-8-15(25-19)31-9-16(28)27(13)10-20(18,22)23/h4-6,8,13,18,26H,3,7,9-10H2,1-2H3/t13-,18+/m0/s1. The van der Waals surface area contributed by atoms with Crippen molar-refractivity contribution < 1.29 is 35.9 Å². The molecule has 178 valence electrons. The third-order valence-corrected chi connectivity index (χ3v) is 6.91. The van der Waals surface area contributed by atoms with E-state index in [-0.39, 0.29) is 29.5 Å². The van der Waals surface area contributed by atoms with Crippen molar-refractivity contribution in [3.8, 4) is 17.5 Å². The van der Waals surface area contributed by atoms with Crippen molar-refractivity contribution >= 4 is 15.9 Å². The first-order chi connectivity index (χ1) is 15.5. The molecule has 0 aliphatic carbocycles. The minimum absolute atomic E-state index is 0.0318. The summed E-state index contributed by atoms with van der Waals surface area (Å²) in [6.45, 7) is 1.17. The molecular weight excluding hydrogens is 465 g/mol. The van der Waals surface area contributed by atoms with E-state index in [1.165, 1.54) is 31.3 Å². The third-order valence-electron chi connectivity index (χ3n) is 5.54. The number of aromatic nitrogens is 2. The zero-order valence-electron chi connectivity index (χ0n) is 17.7. The predicted molar refractivity (Wildman–Crippen MR) is 109 cm³/mol. The van der Waals surface area contributed by atoms with Crippen LogP contribution in [0.5, 0.6) is 17.5 Å². The van der Waals surface area contributed by atoms with Crippen molar-refractivity contribution in [1.29, 1.82) is 0 Å². The summed E-state index contributed by atoms with van der Waals surface area (Å²) in [5.41, 5.74) is 0.304. The molecule has 2 aromatic rings. The van der Waals surface area contributed by atoms with Gasteiger partial charge in [-0.15, -0.1) is 0 Å². The SMILES string of the molecule is CCS(=O)(=O)N[C@@H]1[C@@H]2Cc3cccc(c3F)Oc3nc(cnc3C)OCC(=O)N2CC1(F)F. The Morgan fingerprint density at radius 3 is 2.82 bits per heavy atom. The molecule has 0 spiro atoms. The first-order valence-electron chi connectivity index (χ1n) is 10.1. The lowest BCUT2D eigenvalue weighted by Crippen LogP contribution is -2.53. The van der Waals surface area contributed by atoms with Gasteiger partial charge in [0.15, 0.2) is 18.2 Å². The van der Waals surface area contributed by atoms with E-state index in [1.807, 2.05) is 4.72 Å². The zero-order chi connectivity index (χ0) is 24.0. The van der Waals surface area contributed by atoms with Crippen molar-refractivity contribution in [3.05, 3.63) is 41.5 Å². The van der Waals surface area contributed by atoms with Gasteiger partial charge in [0.2, 0.25) is 21.8 Å². The van der Waals surface area contributed by atoms with Gasteiger partial charge in [0.1, 0.15) is 11.7 Å². The molecule has 1 fully saturated rings. The monoisotopic (exact) mass is 486 g/mol. The number of carbonyl (C=O) groups is 1. The lowest BCUT2D eigenvalue weighted by molar-refractivity contribution is -0.135. The van der Waals surface area contributed by atoms with E-state index in [2.05, 4.69) is 9.97 Å². The zero-order valence-corrected chi connectivity index (χ0v) is 18.5. The molecular formula is C20H21F3N4O5S. The van der Waals surface area contributed by atoms with Crippen LogP contribution in [0.1, 0.15) is 18.2 Å². The number of aryl methyl sites for hydroxylation is 1. The van der Waals surface area contributed by atoms with Gasteiger partial charge in [0, 0.05) is 0 Å². The van der Waals surface area contributed by atoms with E-state index >= 15 is 4.39 Å². The highest BCUT2D eigenvalue weighted by Gasteiger charge is 2.57. The van der Waals surface area contributed by atoms with Crippen LogP contribution in [0.2, 0.25) is 0 Å². The summed E-state index contributed by atoms with van der Waals surface area (Å²) in [4.78, 5) is 21.8. The summed E-state index contributed by atoms with van der Waals surface area (Å²) < 4.78 is 82.3. The molecule has 4 bridgehead atoms. The fourth-order valence-electron chi connectivity index (χ4n) is 3.77. The van der Waals surface area contributed by atoms with E-state index in [9.17, 15) is 22.0 Å². The first kappa shape index (κ1) is 23.2. The molecule has 0 radical (unpaired) electrons. The van der Waals surface area contributed by atoms with Crippen molar-refractivity contribution in [2.24, 2.45) is 0 Å². The number of benzene rings is 1. The Morgan fingerprint density at radius 1 is 1.33 bits per heavy atom. The Balaban J connectivity index is 1.81. The number of rotatable bonds is 3. The van der Waals surface area contributed by atoms with Crippen molar-refractivity contribution in [1.82, 2.24) is 19.6 Å². The second-order valence-corrected chi connectivity index (χ2v) is 9.81. The minimum atomic E-state index is -4.06. The van der Waals surface area contributed by atoms with E-state index in [1.54, 1.807) is 6.92 Å². The van der Waals surface area contributed by atoms with Gasteiger partial charge in [-0.2, -0.15) is 4.98 Å². The molecule has 1 amide bonds. The Hall–Kier alpha value is -2.93. The maximum Gasteiger partial charge on any atom is 0.283 e. The van der Waals surface area contributed by atoms with Crippen LogP contribution in [0.4, 0.5) is 13.2 Å². The molecule has 1 saturated heterocycles. The number of halogens is 3.